The van der Waals surface area contributed by atoms with Gasteiger partial charge in [-0.1, -0.05) is 75.6 Å². The molecule has 0 aliphatic carbocycles. The summed E-state index contributed by atoms with van der Waals surface area (Å²) in [5, 5.41) is 2.62. The molecule has 2 aromatic carbocycles. The van der Waals surface area contributed by atoms with Crippen molar-refractivity contribution in [3.05, 3.63) is 70.8 Å². The van der Waals surface area contributed by atoms with Gasteiger partial charge in [0.15, 0.2) is 0 Å². The maximum Gasteiger partial charge on any atom is 0.411 e. The van der Waals surface area contributed by atoms with E-state index in [1.165, 1.54) is 10.5 Å². The highest BCUT2D eigenvalue weighted by atomic mass is 79.9. The topological polar surface area (TPSA) is 143 Å². The number of alkyl halides is 1. The van der Waals surface area contributed by atoms with E-state index in [1.54, 1.807) is 0 Å². The molecule has 4 fully saturated rings. The van der Waals surface area contributed by atoms with Gasteiger partial charge in [-0.15, -0.1) is 0 Å². The molecule has 0 radical (unpaired) electrons. The maximum atomic E-state index is 12.2. The molecule has 15 heteroatoms. The molecule has 6 amide bonds. The summed E-state index contributed by atoms with van der Waals surface area (Å²) in [4.78, 5) is 69.4. The molecule has 0 spiro atoms. The zero-order valence-electron chi connectivity index (χ0n) is 24.4. The first-order valence-corrected chi connectivity index (χ1v) is 16.4. The Morgan fingerprint density at radius 1 is 0.711 bits per heavy atom. The second-order valence-electron chi connectivity index (χ2n) is 10.7. The predicted octanol–water partition coefficient (Wildman–Crippen LogP) is 5.30. The first kappa shape index (κ1) is 34.6. The average molecular weight is 815 g/mol. The van der Waals surface area contributed by atoms with E-state index in [0.717, 1.165) is 24.5 Å². The normalized spacial score (nSPS) is 24.7. The van der Waals surface area contributed by atoms with Crippen molar-refractivity contribution in [2.24, 2.45) is 0 Å². The number of hydrogen-bond donors (Lipinski definition) is 1. The number of halogens is 3. The molecular weight excluding hydrogens is 784 g/mol. The van der Waals surface area contributed by atoms with Gasteiger partial charge in [-0.3, -0.25) is 24.1 Å². The highest BCUT2D eigenvalue weighted by molar-refractivity contribution is 9.10. The Labute approximate surface area is 285 Å². The van der Waals surface area contributed by atoms with Gasteiger partial charge in [-0.25, -0.2) is 17.4 Å². The highest BCUT2D eigenvalue weighted by Gasteiger charge is 2.44. The maximum absolute atomic E-state index is 12.2. The van der Waals surface area contributed by atoms with Crippen molar-refractivity contribution in [2.45, 2.75) is 62.6 Å². The second kappa shape index (κ2) is 15.3. The van der Waals surface area contributed by atoms with Crippen molar-refractivity contribution >= 4 is 84.0 Å². The van der Waals surface area contributed by atoms with E-state index in [-0.39, 0.29) is 47.3 Å². The Kier molecular flexibility index (Phi) is 11.8. The number of ether oxygens (including phenoxy) is 2. The van der Waals surface area contributed by atoms with Crippen LogP contribution in [0.5, 0.6) is 0 Å². The van der Waals surface area contributed by atoms with E-state index in [9.17, 15) is 28.8 Å². The predicted molar refractivity (Wildman–Crippen MR) is 172 cm³/mol. The Morgan fingerprint density at radius 3 is 1.73 bits per heavy atom. The number of aryl methyl sites for hydroxylation is 2. The van der Waals surface area contributed by atoms with Crippen LogP contribution < -0.4 is 5.32 Å². The van der Waals surface area contributed by atoms with Crippen LogP contribution in [0.3, 0.4) is 0 Å². The SMILES string of the molecule is Cc1ccc(C2CN(C3CCC(=O)N(Br)C3=O)C(=O)O2)cc1.Cc1ccc(C2CNC(=O)O2)cc1.O=C1CCC(Br)C(=O)N1Br. The van der Waals surface area contributed by atoms with E-state index < -0.39 is 18.0 Å². The molecule has 0 bridgehead atoms. The molecule has 4 aliphatic heterocycles. The van der Waals surface area contributed by atoms with Gasteiger partial charge in [-0.05, 0) is 37.8 Å². The molecule has 4 heterocycles. The summed E-state index contributed by atoms with van der Waals surface area (Å²) < 4.78 is 12.3. The van der Waals surface area contributed by atoms with Gasteiger partial charge >= 0.3 is 12.2 Å². The lowest BCUT2D eigenvalue weighted by Crippen LogP contribution is -2.51. The minimum Gasteiger partial charge on any atom is -0.439 e. The number of rotatable bonds is 3. The number of carbonyl (C=O) groups is 6. The van der Waals surface area contributed by atoms with Gasteiger partial charge < -0.3 is 14.8 Å². The molecule has 0 saturated carbocycles. The number of imide groups is 2. The Balaban J connectivity index is 0.000000170. The molecule has 6 rings (SSSR count). The standard InChI is InChI=1S/C15H15BrN2O4.C10H11NO2.C5H5Br2NO2/c1-9-2-4-10(5-3-9)12-8-17(15(21)22-12)11-6-7-13(19)18(16)14(11)20;1-7-2-4-8(5-3-7)9-6-11-10(12)13-9;6-3-1-2-4(9)8(7)5(3)10/h2-5,11-12H,6-8H2,1H3;2-5,9H,6H2,1H3,(H,11,12);3H,1-2H2. The summed E-state index contributed by atoms with van der Waals surface area (Å²) in [6.07, 6.45) is 0.225. The molecule has 1 N–H and O–H groups in total. The van der Waals surface area contributed by atoms with Crippen LogP contribution in [-0.2, 0) is 28.7 Å². The molecule has 4 aliphatic rings. The largest absolute Gasteiger partial charge is 0.439 e. The molecule has 45 heavy (non-hydrogen) atoms. The van der Waals surface area contributed by atoms with E-state index in [0.29, 0.717) is 32.4 Å². The number of nitrogens with one attached hydrogen (secondary N) is 1. The van der Waals surface area contributed by atoms with Crippen molar-refractivity contribution in [1.29, 1.82) is 0 Å². The van der Waals surface area contributed by atoms with Gasteiger partial charge in [0.05, 0.1) is 50.2 Å². The Hall–Kier alpha value is -3.30. The molecule has 0 aromatic heterocycles. The number of nitrogens with zero attached hydrogens (tertiary/aromatic N) is 3. The number of benzene rings is 2. The van der Waals surface area contributed by atoms with Gasteiger partial charge in [-0.2, -0.15) is 0 Å². The highest BCUT2D eigenvalue weighted by Crippen LogP contribution is 2.31. The van der Waals surface area contributed by atoms with Crippen LogP contribution in [0.1, 0.15) is 60.1 Å². The van der Waals surface area contributed by atoms with E-state index in [1.807, 2.05) is 62.4 Å². The smallest absolute Gasteiger partial charge is 0.411 e. The number of carbonyl (C=O) groups excluding carboxylic acids is 6. The quantitative estimate of drug-likeness (QED) is 0.250. The third-order valence-corrected chi connectivity index (χ3v) is 9.76. The fraction of sp³-hybridized carbons (Fsp3) is 0.400. The fourth-order valence-electron chi connectivity index (χ4n) is 4.79. The van der Waals surface area contributed by atoms with Crippen LogP contribution in [0.2, 0.25) is 0 Å². The lowest BCUT2D eigenvalue weighted by molar-refractivity contribution is -0.144. The van der Waals surface area contributed by atoms with Gasteiger partial charge in [0.25, 0.3) is 11.8 Å². The van der Waals surface area contributed by atoms with Crippen LogP contribution >= 0.6 is 48.2 Å². The molecular formula is C30H31Br3N4O8. The van der Waals surface area contributed by atoms with Crippen LogP contribution in [0.4, 0.5) is 9.59 Å². The van der Waals surface area contributed by atoms with Crippen LogP contribution in [0.15, 0.2) is 48.5 Å². The van der Waals surface area contributed by atoms with Crippen LogP contribution in [-0.4, -0.2) is 72.5 Å². The van der Waals surface area contributed by atoms with Crippen molar-refractivity contribution < 1.29 is 38.2 Å². The average Bonchev–Trinajstić information content (AvgIpc) is 3.64. The Bertz CT molecular complexity index is 1460. The zero-order valence-corrected chi connectivity index (χ0v) is 29.2. The van der Waals surface area contributed by atoms with E-state index >= 15 is 0 Å². The first-order chi connectivity index (χ1) is 21.3. The zero-order chi connectivity index (χ0) is 32.8. The van der Waals surface area contributed by atoms with Crippen LogP contribution in [0, 0.1) is 13.8 Å². The third kappa shape index (κ3) is 8.70. The molecule has 4 unspecified atom stereocenters. The van der Waals surface area contributed by atoms with Gasteiger partial charge in [0.2, 0.25) is 11.8 Å². The van der Waals surface area contributed by atoms with Gasteiger partial charge in [0, 0.05) is 12.8 Å². The third-order valence-electron chi connectivity index (χ3n) is 7.42. The fourth-order valence-corrected chi connectivity index (χ4v) is 6.33. The number of cyclic esters (lactones) is 2. The summed E-state index contributed by atoms with van der Waals surface area (Å²) in [6.45, 7) is 4.90. The van der Waals surface area contributed by atoms with Crippen molar-refractivity contribution in [2.75, 3.05) is 13.1 Å². The Morgan fingerprint density at radius 2 is 1.22 bits per heavy atom. The summed E-state index contributed by atoms with van der Waals surface area (Å²) in [5.41, 5.74) is 4.28. The van der Waals surface area contributed by atoms with Crippen molar-refractivity contribution in [3.8, 4) is 0 Å². The number of alkyl carbamates (subject to hydrolysis) is 1. The van der Waals surface area contributed by atoms with E-state index in [4.69, 9.17) is 9.47 Å². The molecule has 4 atom stereocenters. The number of piperidine rings is 2. The number of hydrogen-bond acceptors (Lipinski definition) is 8. The molecule has 2 aromatic rings. The number of amides is 6. The minimum atomic E-state index is -0.653. The van der Waals surface area contributed by atoms with Gasteiger partial charge in [0.1, 0.15) is 18.2 Å². The summed E-state index contributed by atoms with van der Waals surface area (Å²) in [6, 6.07) is 15.1. The summed E-state index contributed by atoms with van der Waals surface area (Å²) in [5.74, 6) is -1.08. The monoisotopic (exact) mass is 812 g/mol. The van der Waals surface area contributed by atoms with Crippen LogP contribution in [0.25, 0.3) is 0 Å². The lowest BCUT2D eigenvalue weighted by atomic mass is 10.0. The molecule has 12 nitrogen and oxygen atoms in total. The second-order valence-corrected chi connectivity index (χ2v) is 13.2. The summed E-state index contributed by atoms with van der Waals surface area (Å²) in [7, 11) is 0. The van der Waals surface area contributed by atoms with E-state index in [2.05, 4.69) is 53.5 Å². The lowest BCUT2D eigenvalue weighted by Gasteiger charge is -2.30. The molecule has 4 saturated heterocycles. The van der Waals surface area contributed by atoms with Crippen molar-refractivity contribution in [3.63, 3.8) is 0 Å². The first-order valence-electron chi connectivity index (χ1n) is 14.1. The van der Waals surface area contributed by atoms with Crippen molar-refractivity contribution in [1.82, 2.24) is 18.1 Å². The minimum absolute atomic E-state index is 0.118. The summed E-state index contributed by atoms with van der Waals surface area (Å²) >= 11 is 8.96. The molecule has 240 valence electrons.